The molecule has 1 N–H and O–H groups in total. The van der Waals surface area contributed by atoms with Crippen LogP contribution in [0.5, 0.6) is 0 Å². The number of methoxy groups -OCH3 is 1. The summed E-state index contributed by atoms with van der Waals surface area (Å²) in [6.07, 6.45) is 4.68. The molecular weight excluding hydrogens is 226 g/mol. The number of hydrogen-bond donors (Lipinski definition) is 1. The minimum absolute atomic E-state index is 0.698. The monoisotopic (exact) mass is 253 g/mol. The first kappa shape index (κ1) is 15.2. The predicted molar refractivity (Wildman–Crippen MR) is 74.6 cm³/mol. The molecule has 0 amide bonds. The molecule has 18 heavy (non-hydrogen) atoms. The fourth-order valence-electron chi connectivity index (χ4n) is 2.13. The van der Waals surface area contributed by atoms with Gasteiger partial charge in [0.25, 0.3) is 0 Å². The SMILES string of the molecule is CCCC(C)Cn1cc(CNCCOC)c(C)n1. The molecule has 104 valence electrons. The number of aromatic nitrogens is 2. The molecule has 0 fully saturated rings. The highest BCUT2D eigenvalue weighted by molar-refractivity contribution is 5.15. The summed E-state index contributed by atoms with van der Waals surface area (Å²) in [6.45, 7) is 10.1. The third-order valence-corrected chi connectivity index (χ3v) is 3.13. The van der Waals surface area contributed by atoms with Gasteiger partial charge >= 0.3 is 0 Å². The van der Waals surface area contributed by atoms with Crippen LogP contribution in [0.25, 0.3) is 0 Å². The van der Waals surface area contributed by atoms with Crippen LogP contribution in [-0.4, -0.2) is 30.0 Å². The number of nitrogens with zero attached hydrogens (tertiary/aromatic N) is 2. The average Bonchev–Trinajstić information content (AvgIpc) is 2.65. The number of hydrogen-bond acceptors (Lipinski definition) is 3. The quantitative estimate of drug-likeness (QED) is 0.687. The highest BCUT2D eigenvalue weighted by Crippen LogP contribution is 2.11. The van der Waals surface area contributed by atoms with Crippen LogP contribution in [0.3, 0.4) is 0 Å². The summed E-state index contributed by atoms with van der Waals surface area (Å²) in [7, 11) is 1.72. The maximum absolute atomic E-state index is 5.01. The van der Waals surface area contributed by atoms with Crippen molar-refractivity contribution in [2.45, 2.75) is 46.7 Å². The van der Waals surface area contributed by atoms with E-state index < -0.39 is 0 Å². The van der Waals surface area contributed by atoms with Gasteiger partial charge < -0.3 is 10.1 Å². The number of nitrogens with one attached hydrogen (secondary N) is 1. The zero-order valence-electron chi connectivity index (χ0n) is 12.2. The van der Waals surface area contributed by atoms with Crippen molar-refractivity contribution in [3.05, 3.63) is 17.5 Å². The molecule has 0 saturated heterocycles. The molecule has 0 radical (unpaired) electrons. The second kappa shape index (κ2) is 8.27. The van der Waals surface area contributed by atoms with Gasteiger partial charge in [-0.15, -0.1) is 0 Å². The van der Waals surface area contributed by atoms with Gasteiger partial charge in [0.2, 0.25) is 0 Å². The van der Waals surface area contributed by atoms with E-state index >= 15 is 0 Å². The van der Waals surface area contributed by atoms with Crippen molar-refractivity contribution in [2.24, 2.45) is 5.92 Å². The Hall–Kier alpha value is -0.870. The van der Waals surface area contributed by atoms with Crippen LogP contribution in [0.4, 0.5) is 0 Å². The van der Waals surface area contributed by atoms with E-state index in [1.54, 1.807) is 7.11 Å². The van der Waals surface area contributed by atoms with Gasteiger partial charge in [-0.05, 0) is 19.3 Å². The lowest BCUT2D eigenvalue weighted by Gasteiger charge is -2.09. The van der Waals surface area contributed by atoms with Crippen LogP contribution in [0.15, 0.2) is 6.20 Å². The largest absolute Gasteiger partial charge is 0.383 e. The molecule has 1 aromatic heterocycles. The number of ether oxygens (including phenoxy) is 1. The molecule has 0 aliphatic rings. The van der Waals surface area contributed by atoms with Crippen LogP contribution in [0.2, 0.25) is 0 Å². The Morgan fingerprint density at radius 2 is 2.28 bits per heavy atom. The molecule has 1 unspecified atom stereocenters. The average molecular weight is 253 g/mol. The molecule has 0 bridgehead atoms. The summed E-state index contributed by atoms with van der Waals surface area (Å²) >= 11 is 0. The summed E-state index contributed by atoms with van der Waals surface area (Å²) in [4.78, 5) is 0. The van der Waals surface area contributed by atoms with Crippen LogP contribution in [0.1, 0.15) is 37.9 Å². The van der Waals surface area contributed by atoms with Gasteiger partial charge in [-0.1, -0.05) is 20.3 Å². The second-order valence-corrected chi connectivity index (χ2v) is 5.03. The Kier molecular flexibility index (Phi) is 6.98. The van der Waals surface area contributed by atoms with Crippen LogP contribution in [0, 0.1) is 12.8 Å². The van der Waals surface area contributed by atoms with Gasteiger partial charge in [0, 0.05) is 38.5 Å². The summed E-state index contributed by atoms with van der Waals surface area (Å²) in [6, 6.07) is 0. The molecule has 0 aliphatic carbocycles. The molecule has 1 atom stereocenters. The second-order valence-electron chi connectivity index (χ2n) is 5.03. The van der Waals surface area contributed by atoms with E-state index in [2.05, 4.69) is 42.1 Å². The van der Waals surface area contributed by atoms with Gasteiger partial charge in [-0.3, -0.25) is 4.68 Å². The smallest absolute Gasteiger partial charge is 0.0638 e. The van der Waals surface area contributed by atoms with Crippen molar-refractivity contribution >= 4 is 0 Å². The first-order chi connectivity index (χ1) is 8.67. The Bertz CT molecular complexity index is 336. The first-order valence-corrected chi connectivity index (χ1v) is 6.90. The van der Waals surface area contributed by atoms with Gasteiger partial charge in [0.1, 0.15) is 0 Å². The lowest BCUT2D eigenvalue weighted by molar-refractivity contribution is 0.199. The molecule has 1 aromatic rings. The zero-order chi connectivity index (χ0) is 13.4. The minimum atomic E-state index is 0.698. The highest BCUT2D eigenvalue weighted by Gasteiger charge is 2.07. The van der Waals surface area contributed by atoms with Gasteiger partial charge in [0.05, 0.1) is 12.3 Å². The molecule has 1 rings (SSSR count). The van der Waals surface area contributed by atoms with E-state index in [4.69, 9.17) is 4.74 Å². The van der Waals surface area contributed by atoms with E-state index in [1.165, 1.54) is 18.4 Å². The molecule has 0 aliphatic heterocycles. The first-order valence-electron chi connectivity index (χ1n) is 6.90. The summed E-state index contributed by atoms with van der Waals surface area (Å²) < 4.78 is 7.10. The molecule has 4 heteroatoms. The fourth-order valence-corrected chi connectivity index (χ4v) is 2.13. The van der Waals surface area contributed by atoms with E-state index in [-0.39, 0.29) is 0 Å². The van der Waals surface area contributed by atoms with Crippen LogP contribution in [-0.2, 0) is 17.8 Å². The molecule has 0 aromatic carbocycles. The van der Waals surface area contributed by atoms with Gasteiger partial charge in [-0.25, -0.2) is 0 Å². The highest BCUT2D eigenvalue weighted by atomic mass is 16.5. The zero-order valence-corrected chi connectivity index (χ0v) is 12.2. The predicted octanol–water partition coefficient (Wildman–Crippen LogP) is 2.36. The Labute approximate surface area is 111 Å². The Morgan fingerprint density at radius 1 is 1.50 bits per heavy atom. The van der Waals surface area contributed by atoms with Crippen molar-refractivity contribution < 1.29 is 4.74 Å². The number of aryl methyl sites for hydroxylation is 1. The van der Waals surface area contributed by atoms with Crippen molar-refractivity contribution in [1.82, 2.24) is 15.1 Å². The summed E-state index contributed by atoms with van der Waals surface area (Å²) in [5.74, 6) is 0.698. The van der Waals surface area contributed by atoms with E-state index in [9.17, 15) is 0 Å². The lowest BCUT2D eigenvalue weighted by atomic mass is 10.1. The fraction of sp³-hybridized carbons (Fsp3) is 0.786. The van der Waals surface area contributed by atoms with E-state index in [1.807, 2.05) is 0 Å². The van der Waals surface area contributed by atoms with Gasteiger partial charge in [-0.2, -0.15) is 5.10 Å². The van der Waals surface area contributed by atoms with Crippen molar-refractivity contribution in [2.75, 3.05) is 20.3 Å². The molecule has 4 nitrogen and oxygen atoms in total. The Balaban J connectivity index is 2.43. The Morgan fingerprint density at radius 3 is 2.94 bits per heavy atom. The molecular formula is C14H27N3O. The normalized spacial score (nSPS) is 12.9. The maximum Gasteiger partial charge on any atom is 0.0638 e. The summed E-state index contributed by atoms with van der Waals surface area (Å²) in [5.41, 5.74) is 2.42. The molecule has 1 heterocycles. The third kappa shape index (κ3) is 5.19. The van der Waals surface area contributed by atoms with Crippen molar-refractivity contribution in [3.8, 4) is 0 Å². The van der Waals surface area contributed by atoms with Crippen LogP contribution < -0.4 is 5.32 Å². The molecule has 0 spiro atoms. The lowest BCUT2D eigenvalue weighted by Crippen LogP contribution is -2.18. The van der Waals surface area contributed by atoms with Crippen molar-refractivity contribution in [1.29, 1.82) is 0 Å². The van der Waals surface area contributed by atoms with E-state index in [0.717, 1.165) is 31.9 Å². The molecule has 0 saturated carbocycles. The maximum atomic E-state index is 5.01. The number of rotatable bonds is 9. The van der Waals surface area contributed by atoms with E-state index in [0.29, 0.717) is 5.92 Å². The minimum Gasteiger partial charge on any atom is -0.383 e. The summed E-state index contributed by atoms with van der Waals surface area (Å²) in [5, 5.41) is 7.93. The topological polar surface area (TPSA) is 39.1 Å². The standard InChI is InChI=1S/C14H27N3O/c1-5-6-12(2)10-17-11-14(13(3)16-17)9-15-7-8-18-4/h11-12,15H,5-10H2,1-4H3. The third-order valence-electron chi connectivity index (χ3n) is 3.13. The van der Waals surface area contributed by atoms with Gasteiger partial charge in [0.15, 0.2) is 0 Å². The van der Waals surface area contributed by atoms with Crippen molar-refractivity contribution in [3.63, 3.8) is 0 Å². The van der Waals surface area contributed by atoms with Crippen LogP contribution >= 0.6 is 0 Å².